The Bertz CT molecular complexity index is 524. The molecule has 2 unspecified atom stereocenters. The van der Waals surface area contributed by atoms with Gasteiger partial charge in [0.05, 0.1) is 12.6 Å². The maximum absolute atomic E-state index is 12.0. The average molecular weight is 455 g/mol. The van der Waals surface area contributed by atoms with Gasteiger partial charge in [0, 0.05) is 27.8 Å². The highest BCUT2D eigenvalue weighted by molar-refractivity contribution is 14.0. The summed E-state index contributed by atoms with van der Waals surface area (Å²) in [5.41, 5.74) is 0. The number of furan rings is 1. The van der Waals surface area contributed by atoms with Crippen LogP contribution in [0.1, 0.15) is 52.2 Å². The van der Waals surface area contributed by atoms with Gasteiger partial charge >= 0.3 is 0 Å². The standard InChI is InChI=1S/C16H29N3O2S.HI/c1-7-17-15(18-10-11-22(20)16(4,5)6)19-13(3)14-9-8-12(2)21-14;/h8-9,13H,7,10-11H2,1-6H3,(H2,17,18,19);1H. The van der Waals surface area contributed by atoms with Crippen LogP contribution < -0.4 is 10.6 Å². The van der Waals surface area contributed by atoms with Crippen LogP contribution in [0, 0.1) is 6.92 Å². The Morgan fingerprint density at radius 1 is 1.39 bits per heavy atom. The van der Waals surface area contributed by atoms with Crippen molar-refractivity contribution in [1.82, 2.24) is 10.6 Å². The second-order valence-electron chi connectivity index (χ2n) is 6.24. The molecule has 0 bridgehead atoms. The van der Waals surface area contributed by atoms with E-state index in [2.05, 4.69) is 15.6 Å². The highest BCUT2D eigenvalue weighted by atomic mass is 127. The Labute approximate surface area is 159 Å². The monoisotopic (exact) mass is 455 g/mol. The van der Waals surface area contributed by atoms with Crippen molar-refractivity contribution in [1.29, 1.82) is 0 Å². The Kier molecular flexibility index (Phi) is 10.1. The second-order valence-corrected chi connectivity index (χ2v) is 8.56. The molecule has 5 nitrogen and oxygen atoms in total. The minimum Gasteiger partial charge on any atom is -0.464 e. The molecule has 0 aliphatic carbocycles. The first-order chi connectivity index (χ1) is 10.2. The third kappa shape index (κ3) is 8.19. The molecule has 1 rings (SSSR count). The van der Waals surface area contributed by atoms with Crippen LogP contribution in [0.2, 0.25) is 0 Å². The lowest BCUT2D eigenvalue weighted by Gasteiger charge is -2.18. The van der Waals surface area contributed by atoms with Gasteiger partial charge in [-0.1, -0.05) is 0 Å². The van der Waals surface area contributed by atoms with Gasteiger partial charge in [0.15, 0.2) is 5.96 Å². The van der Waals surface area contributed by atoms with Crippen LogP contribution in [0.25, 0.3) is 0 Å². The fourth-order valence-electron chi connectivity index (χ4n) is 1.83. The van der Waals surface area contributed by atoms with Crippen LogP contribution in [0.3, 0.4) is 0 Å². The number of rotatable bonds is 6. The molecule has 0 amide bonds. The molecule has 2 N–H and O–H groups in total. The quantitative estimate of drug-likeness (QED) is 0.392. The first-order valence-electron chi connectivity index (χ1n) is 7.73. The lowest BCUT2D eigenvalue weighted by atomic mass is 10.2. The summed E-state index contributed by atoms with van der Waals surface area (Å²) < 4.78 is 17.5. The highest BCUT2D eigenvalue weighted by Crippen LogP contribution is 2.15. The van der Waals surface area contributed by atoms with Gasteiger partial charge in [-0.2, -0.15) is 0 Å². The summed E-state index contributed by atoms with van der Waals surface area (Å²) >= 11 is 0. The Morgan fingerprint density at radius 3 is 2.52 bits per heavy atom. The van der Waals surface area contributed by atoms with Crippen LogP contribution in [-0.2, 0) is 10.8 Å². The van der Waals surface area contributed by atoms with Crippen LogP contribution in [-0.4, -0.2) is 33.8 Å². The highest BCUT2D eigenvalue weighted by Gasteiger charge is 2.18. The van der Waals surface area contributed by atoms with E-state index >= 15 is 0 Å². The number of halogens is 1. The fraction of sp³-hybridized carbons (Fsp3) is 0.688. The molecule has 7 heteroatoms. The molecule has 0 spiro atoms. The molecule has 0 fully saturated rings. The largest absolute Gasteiger partial charge is 0.464 e. The van der Waals surface area contributed by atoms with E-state index in [-0.39, 0.29) is 34.8 Å². The first kappa shape index (κ1) is 22.4. The third-order valence-corrected chi connectivity index (χ3v) is 5.03. The molecule has 2 atom stereocenters. The summed E-state index contributed by atoms with van der Waals surface area (Å²) in [4.78, 5) is 4.50. The number of guanidine groups is 1. The minimum atomic E-state index is -0.884. The van der Waals surface area contributed by atoms with Crippen molar-refractivity contribution in [2.45, 2.75) is 52.3 Å². The molecular weight excluding hydrogens is 425 g/mol. The molecule has 0 saturated heterocycles. The van der Waals surface area contributed by atoms with Crippen molar-refractivity contribution >= 4 is 40.7 Å². The SMILES string of the molecule is CCNC(=NCCS(=O)C(C)(C)C)NC(C)c1ccc(C)o1.I. The van der Waals surface area contributed by atoms with Crippen molar-refractivity contribution in [3.8, 4) is 0 Å². The normalized spacial score (nSPS) is 14.8. The van der Waals surface area contributed by atoms with E-state index in [0.29, 0.717) is 12.3 Å². The molecule has 1 aromatic heterocycles. The number of nitrogens with one attached hydrogen (secondary N) is 2. The van der Waals surface area contributed by atoms with Crippen LogP contribution >= 0.6 is 24.0 Å². The molecule has 23 heavy (non-hydrogen) atoms. The lowest BCUT2D eigenvalue weighted by Crippen LogP contribution is -2.39. The summed E-state index contributed by atoms with van der Waals surface area (Å²) in [5, 5.41) is 6.51. The Morgan fingerprint density at radius 2 is 2.04 bits per heavy atom. The summed E-state index contributed by atoms with van der Waals surface area (Å²) in [5.74, 6) is 3.05. The van der Waals surface area contributed by atoms with E-state index in [0.717, 1.165) is 24.0 Å². The summed E-state index contributed by atoms with van der Waals surface area (Å²) in [6, 6.07) is 3.94. The molecule has 1 aromatic rings. The van der Waals surface area contributed by atoms with Gasteiger partial charge in [-0.3, -0.25) is 9.20 Å². The predicted octanol–water partition coefficient (Wildman–Crippen LogP) is 3.37. The van der Waals surface area contributed by atoms with Crippen molar-refractivity contribution in [3.05, 3.63) is 23.7 Å². The molecule has 0 aromatic carbocycles. The molecule has 0 radical (unpaired) electrons. The molecular formula is C16H30IN3O2S. The van der Waals surface area contributed by atoms with E-state index in [9.17, 15) is 4.21 Å². The summed E-state index contributed by atoms with van der Waals surface area (Å²) in [6.45, 7) is 13.2. The number of aliphatic imine (C=N–C) groups is 1. The van der Waals surface area contributed by atoms with Crippen LogP contribution in [0.5, 0.6) is 0 Å². The predicted molar refractivity (Wildman–Crippen MR) is 109 cm³/mol. The van der Waals surface area contributed by atoms with Crippen LogP contribution in [0.4, 0.5) is 0 Å². The molecule has 1 heterocycles. The van der Waals surface area contributed by atoms with Gasteiger partial charge in [-0.25, -0.2) is 0 Å². The average Bonchev–Trinajstić information content (AvgIpc) is 2.84. The van der Waals surface area contributed by atoms with Crippen LogP contribution in [0.15, 0.2) is 21.5 Å². The van der Waals surface area contributed by atoms with Gasteiger partial charge < -0.3 is 15.1 Å². The second kappa shape index (κ2) is 10.3. The van der Waals surface area contributed by atoms with Gasteiger partial charge in [-0.15, -0.1) is 24.0 Å². The van der Waals surface area contributed by atoms with E-state index in [1.54, 1.807) is 0 Å². The number of nitrogens with zero attached hydrogens (tertiary/aromatic N) is 1. The van der Waals surface area contributed by atoms with Gasteiger partial charge in [-0.05, 0) is 53.7 Å². The number of hydrogen-bond donors (Lipinski definition) is 2. The van der Waals surface area contributed by atoms with Crippen molar-refractivity contribution in [2.75, 3.05) is 18.8 Å². The summed E-state index contributed by atoms with van der Waals surface area (Å²) in [7, 11) is -0.884. The minimum absolute atomic E-state index is 0. The van der Waals surface area contributed by atoms with Gasteiger partial charge in [0.2, 0.25) is 0 Å². The topological polar surface area (TPSA) is 66.6 Å². The zero-order valence-electron chi connectivity index (χ0n) is 14.9. The molecule has 0 saturated carbocycles. The zero-order chi connectivity index (χ0) is 16.8. The summed E-state index contributed by atoms with van der Waals surface area (Å²) in [6.07, 6.45) is 0. The fourth-order valence-corrected chi connectivity index (χ4v) is 2.70. The van der Waals surface area contributed by atoms with E-state index < -0.39 is 10.8 Å². The Hall–Kier alpha value is -0.570. The first-order valence-corrected chi connectivity index (χ1v) is 9.05. The maximum atomic E-state index is 12.0. The van der Waals surface area contributed by atoms with E-state index in [4.69, 9.17) is 4.42 Å². The number of hydrogen-bond acceptors (Lipinski definition) is 3. The van der Waals surface area contributed by atoms with Gasteiger partial charge in [0.1, 0.15) is 11.5 Å². The van der Waals surface area contributed by atoms with Crippen molar-refractivity contribution < 1.29 is 8.63 Å². The maximum Gasteiger partial charge on any atom is 0.191 e. The Balaban J connectivity index is 0.00000484. The lowest BCUT2D eigenvalue weighted by molar-refractivity contribution is 0.441. The molecule has 0 aliphatic heterocycles. The third-order valence-electron chi connectivity index (χ3n) is 3.11. The van der Waals surface area contributed by atoms with Gasteiger partial charge in [0.25, 0.3) is 0 Å². The zero-order valence-corrected chi connectivity index (χ0v) is 18.1. The van der Waals surface area contributed by atoms with Crippen molar-refractivity contribution in [3.63, 3.8) is 0 Å². The van der Waals surface area contributed by atoms with E-state index in [1.165, 1.54) is 0 Å². The molecule has 0 aliphatic rings. The smallest absolute Gasteiger partial charge is 0.191 e. The van der Waals surface area contributed by atoms with Crippen molar-refractivity contribution in [2.24, 2.45) is 4.99 Å². The molecule has 134 valence electrons. The van der Waals surface area contributed by atoms with E-state index in [1.807, 2.05) is 53.7 Å². The number of aryl methyl sites for hydroxylation is 1.